The Morgan fingerprint density at radius 1 is 1.35 bits per heavy atom. The van der Waals surface area contributed by atoms with Crippen LogP contribution < -0.4 is 5.73 Å². The lowest BCUT2D eigenvalue weighted by molar-refractivity contribution is -0.138. The summed E-state index contributed by atoms with van der Waals surface area (Å²) in [6.07, 6.45) is -0.0619. The van der Waals surface area contributed by atoms with Gasteiger partial charge in [-0.1, -0.05) is 13.8 Å². The van der Waals surface area contributed by atoms with Crippen molar-refractivity contribution in [3.8, 4) is 0 Å². The number of likely N-dealkylation sites (tertiary alicyclic amines) is 1. The SMILES string of the molecule is CC1(C)CC2(C=C(N)C1=O)CCN(C(=O)c1ccncc1C(F)(F)F)C2. The fraction of sp³-hybridized carbons (Fsp3) is 0.500. The standard InChI is InChI=1S/C18H20F3N3O2/c1-16(2)9-17(7-13(22)14(16)25)4-6-24(10-17)15(26)11-3-5-23-8-12(11)18(19,20)21/h3,5,7-8H,4,6,9-10,22H2,1-2H3. The van der Waals surface area contributed by atoms with Crippen molar-refractivity contribution in [2.45, 2.75) is 32.9 Å². The number of Topliss-reactive ketones (excluding diaryl/α,β-unsaturated/α-hetero) is 1. The van der Waals surface area contributed by atoms with Crippen LogP contribution in [0.4, 0.5) is 13.2 Å². The first-order chi connectivity index (χ1) is 12.0. The van der Waals surface area contributed by atoms with Gasteiger partial charge in [0, 0.05) is 36.3 Å². The van der Waals surface area contributed by atoms with Crippen LogP contribution in [0.1, 0.15) is 42.6 Å². The molecule has 1 amide bonds. The van der Waals surface area contributed by atoms with Crippen LogP contribution in [0.5, 0.6) is 0 Å². The fourth-order valence-electron chi connectivity index (χ4n) is 4.11. The number of halogens is 3. The van der Waals surface area contributed by atoms with Gasteiger partial charge in [0.25, 0.3) is 5.91 Å². The van der Waals surface area contributed by atoms with Crippen LogP contribution in [0.2, 0.25) is 0 Å². The topological polar surface area (TPSA) is 76.3 Å². The van der Waals surface area contributed by atoms with E-state index >= 15 is 0 Å². The van der Waals surface area contributed by atoms with Crippen molar-refractivity contribution in [1.29, 1.82) is 0 Å². The third kappa shape index (κ3) is 3.08. The van der Waals surface area contributed by atoms with Crippen LogP contribution in [0.3, 0.4) is 0 Å². The van der Waals surface area contributed by atoms with E-state index in [1.54, 1.807) is 19.9 Å². The number of amides is 1. The molecule has 1 aliphatic heterocycles. The van der Waals surface area contributed by atoms with Crippen LogP contribution >= 0.6 is 0 Å². The molecule has 2 heterocycles. The molecule has 26 heavy (non-hydrogen) atoms. The molecule has 2 aliphatic rings. The van der Waals surface area contributed by atoms with Crippen LogP contribution in [0.15, 0.2) is 30.2 Å². The lowest BCUT2D eigenvalue weighted by Crippen LogP contribution is -2.42. The van der Waals surface area contributed by atoms with Crippen molar-refractivity contribution in [3.05, 3.63) is 41.4 Å². The molecule has 140 valence electrons. The Morgan fingerprint density at radius 2 is 2.04 bits per heavy atom. The molecule has 5 nitrogen and oxygen atoms in total. The van der Waals surface area contributed by atoms with Crippen molar-refractivity contribution in [3.63, 3.8) is 0 Å². The smallest absolute Gasteiger partial charge is 0.396 e. The van der Waals surface area contributed by atoms with Gasteiger partial charge in [0.05, 0.1) is 16.8 Å². The summed E-state index contributed by atoms with van der Waals surface area (Å²) < 4.78 is 39.5. The largest absolute Gasteiger partial charge is 0.418 e. The van der Waals surface area contributed by atoms with Crippen LogP contribution in [0, 0.1) is 10.8 Å². The van der Waals surface area contributed by atoms with E-state index in [0.717, 1.165) is 6.07 Å². The van der Waals surface area contributed by atoms with Gasteiger partial charge in [-0.2, -0.15) is 13.2 Å². The summed E-state index contributed by atoms with van der Waals surface area (Å²) in [6.45, 7) is 4.15. The second-order valence-corrected chi connectivity index (χ2v) is 7.75. The summed E-state index contributed by atoms with van der Waals surface area (Å²) in [6, 6.07) is 1.09. The van der Waals surface area contributed by atoms with Gasteiger partial charge in [-0.25, -0.2) is 0 Å². The number of hydrogen-bond acceptors (Lipinski definition) is 4. The predicted molar refractivity (Wildman–Crippen MR) is 87.9 cm³/mol. The molecule has 1 aromatic rings. The highest BCUT2D eigenvalue weighted by Gasteiger charge is 2.49. The predicted octanol–water partition coefficient (Wildman–Crippen LogP) is 2.77. The number of pyridine rings is 1. The molecule has 0 radical (unpaired) electrons. The highest BCUT2D eigenvalue weighted by Crippen LogP contribution is 2.47. The van der Waals surface area contributed by atoms with Gasteiger partial charge >= 0.3 is 6.18 Å². The van der Waals surface area contributed by atoms with E-state index in [1.807, 2.05) is 0 Å². The molecule has 1 unspecified atom stereocenters. The summed E-state index contributed by atoms with van der Waals surface area (Å²) in [5.41, 5.74) is 3.44. The second-order valence-electron chi connectivity index (χ2n) is 7.75. The van der Waals surface area contributed by atoms with Crippen molar-refractivity contribution in [2.24, 2.45) is 16.6 Å². The molecule has 1 atom stereocenters. The number of rotatable bonds is 1. The Morgan fingerprint density at radius 3 is 2.65 bits per heavy atom. The van der Waals surface area contributed by atoms with Gasteiger partial charge < -0.3 is 10.6 Å². The molecule has 1 aliphatic carbocycles. The zero-order chi connectivity index (χ0) is 19.3. The monoisotopic (exact) mass is 367 g/mol. The van der Waals surface area contributed by atoms with Crippen molar-refractivity contribution < 1.29 is 22.8 Å². The summed E-state index contributed by atoms with van der Waals surface area (Å²) in [5, 5.41) is 0. The summed E-state index contributed by atoms with van der Waals surface area (Å²) in [5.74, 6) is -0.820. The highest BCUT2D eigenvalue weighted by molar-refractivity contribution is 6.00. The minimum atomic E-state index is -4.65. The third-order valence-electron chi connectivity index (χ3n) is 5.16. The molecular weight excluding hydrogens is 347 g/mol. The van der Waals surface area contributed by atoms with E-state index in [2.05, 4.69) is 4.98 Å². The van der Waals surface area contributed by atoms with E-state index in [-0.39, 0.29) is 18.0 Å². The Balaban J connectivity index is 1.89. The first-order valence-corrected chi connectivity index (χ1v) is 8.29. The number of aromatic nitrogens is 1. The van der Waals surface area contributed by atoms with Crippen molar-refractivity contribution in [1.82, 2.24) is 9.88 Å². The molecule has 0 aromatic carbocycles. The van der Waals surface area contributed by atoms with Gasteiger partial charge in [0.2, 0.25) is 0 Å². The number of allylic oxidation sites excluding steroid dienone is 1. The molecule has 0 bridgehead atoms. The number of nitrogens with two attached hydrogens (primary N) is 1. The molecule has 3 rings (SSSR count). The number of carbonyl (C=O) groups is 2. The number of ketones is 1. The van der Waals surface area contributed by atoms with Gasteiger partial charge in [-0.05, 0) is 25.0 Å². The van der Waals surface area contributed by atoms with Crippen molar-refractivity contribution in [2.75, 3.05) is 13.1 Å². The molecule has 1 saturated heterocycles. The summed E-state index contributed by atoms with van der Waals surface area (Å²) >= 11 is 0. The molecule has 2 N–H and O–H groups in total. The highest BCUT2D eigenvalue weighted by atomic mass is 19.4. The molecule has 1 spiro atoms. The van der Waals surface area contributed by atoms with Crippen LogP contribution in [0.25, 0.3) is 0 Å². The molecule has 1 aromatic heterocycles. The first kappa shape index (κ1) is 18.4. The molecule has 8 heteroatoms. The Kier molecular flexibility index (Phi) is 4.12. The maximum absolute atomic E-state index is 13.2. The Hall–Kier alpha value is -2.38. The quantitative estimate of drug-likeness (QED) is 0.828. The zero-order valence-corrected chi connectivity index (χ0v) is 14.6. The lowest BCUT2D eigenvalue weighted by Gasteiger charge is -2.39. The van der Waals surface area contributed by atoms with Gasteiger partial charge in [0.15, 0.2) is 5.78 Å². The van der Waals surface area contributed by atoms with Gasteiger partial charge in [-0.15, -0.1) is 0 Å². The van der Waals surface area contributed by atoms with Gasteiger partial charge in [0.1, 0.15) is 0 Å². The molecule has 0 saturated carbocycles. The maximum Gasteiger partial charge on any atom is 0.418 e. The van der Waals surface area contributed by atoms with Crippen LogP contribution in [-0.4, -0.2) is 34.7 Å². The summed E-state index contributed by atoms with van der Waals surface area (Å²) in [4.78, 5) is 29.8. The molecule has 1 fully saturated rings. The van der Waals surface area contributed by atoms with E-state index in [9.17, 15) is 22.8 Å². The Bertz CT molecular complexity index is 801. The van der Waals surface area contributed by atoms with Crippen molar-refractivity contribution >= 4 is 11.7 Å². The van der Waals surface area contributed by atoms with E-state index in [4.69, 9.17) is 5.73 Å². The second kappa shape index (κ2) is 5.82. The fourth-order valence-corrected chi connectivity index (χ4v) is 4.11. The molecular formula is C18H20F3N3O2. The maximum atomic E-state index is 13.2. The summed E-state index contributed by atoms with van der Waals surface area (Å²) in [7, 11) is 0. The minimum absolute atomic E-state index is 0.138. The van der Waals surface area contributed by atoms with E-state index in [1.165, 1.54) is 11.1 Å². The minimum Gasteiger partial charge on any atom is -0.396 e. The zero-order valence-electron chi connectivity index (χ0n) is 14.6. The number of hydrogen-bond donors (Lipinski definition) is 1. The Labute approximate surface area is 149 Å². The van der Waals surface area contributed by atoms with E-state index in [0.29, 0.717) is 25.6 Å². The third-order valence-corrected chi connectivity index (χ3v) is 5.16. The first-order valence-electron chi connectivity index (χ1n) is 8.29. The number of alkyl halides is 3. The van der Waals surface area contributed by atoms with E-state index < -0.39 is 34.0 Å². The normalized spacial score (nSPS) is 25.5. The van der Waals surface area contributed by atoms with Gasteiger partial charge in [-0.3, -0.25) is 14.6 Å². The number of carbonyl (C=O) groups excluding carboxylic acids is 2. The number of nitrogens with zero attached hydrogens (tertiary/aromatic N) is 2. The average molecular weight is 367 g/mol. The lowest BCUT2D eigenvalue weighted by atomic mass is 9.65. The average Bonchev–Trinajstić information content (AvgIpc) is 2.94. The van der Waals surface area contributed by atoms with Crippen LogP contribution in [-0.2, 0) is 11.0 Å².